The van der Waals surface area contributed by atoms with Crippen molar-refractivity contribution >= 4 is 0 Å². The normalized spacial score (nSPS) is 10.3. The Bertz CT molecular complexity index is 486. The molecule has 2 aromatic rings. The highest BCUT2D eigenvalue weighted by Crippen LogP contribution is 2.30. The summed E-state index contributed by atoms with van der Waals surface area (Å²) in [4.78, 5) is 0. The number of benzene rings is 2. The van der Waals surface area contributed by atoms with Crippen LogP contribution in [-0.2, 0) is 0 Å². The monoisotopic (exact) mass is 198 g/mol. The van der Waals surface area contributed by atoms with Crippen molar-refractivity contribution in [2.45, 2.75) is 13.8 Å². The van der Waals surface area contributed by atoms with Crippen molar-refractivity contribution in [3.8, 4) is 16.9 Å². The van der Waals surface area contributed by atoms with Crippen LogP contribution in [-0.4, -0.2) is 5.11 Å². The molecule has 0 radical (unpaired) electrons. The molecule has 0 heterocycles. The second-order valence-electron chi connectivity index (χ2n) is 3.76. The average Bonchev–Trinajstić information content (AvgIpc) is 2.23. The van der Waals surface area contributed by atoms with Crippen LogP contribution in [0.25, 0.3) is 11.1 Å². The minimum Gasteiger partial charge on any atom is -0.508 e. The van der Waals surface area contributed by atoms with E-state index in [1.165, 1.54) is 11.1 Å². The Morgan fingerprint density at radius 1 is 0.800 bits per heavy atom. The summed E-state index contributed by atoms with van der Waals surface area (Å²) in [5.41, 5.74) is 4.46. The molecular formula is C14H14O. The molecule has 0 amide bonds. The molecular weight excluding hydrogens is 184 g/mol. The van der Waals surface area contributed by atoms with E-state index in [1.54, 1.807) is 6.07 Å². The molecule has 2 rings (SSSR count). The molecule has 0 atom stereocenters. The fourth-order valence-electron chi connectivity index (χ4n) is 1.79. The van der Waals surface area contributed by atoms with Crippen LogP contribution in [0.2, 0.25) is 0 Å². The van der Waals surface area contributed by atoms with Gasteiger partial charge in [0.2, 0.25) is 0 Å². The zero-order valence-corrected chi connectivity index (χ0v) is 8.99. The summed E-state index contributed by atoms with van der Waals surface area (Å²) in [6, 6.07) is 13.8. The van der Waals surface area contributed by atoms with Gasteiger partial charge in [0.25, 0.3) is 0 Å². The van der Waals surface area contributed by atoms with Gasteiger partial charge in [-0.05, 0) is 42.2 Å². The van der Waals surface area contributed by atoms with E-state index in [-0.39, 0.29) is 0 Å². The molecule has 0 aliphatic heterocycles. The maximum atomic E-state index is 9.65. The molecule has 0 fully saturated rings. The molecule has 0 saturated heterocycles. The predicted molar refractivity (Wildman–Crippen MR) is 63.0 cm³/mol. The number of hydrogen-bond acceptors (Lipinski definition) is 1. The molecule has 0 aliphatic rings. The van der Waals surface area contributed by atoms with Crippen LogP contribution < -0.4 is 0 Å². The maximum absolute atomic E-state index is 9.65. The van der Waals surface area contributed by atoms with Crippen molar-refractivity contribution in [2.75, 3.05) is 0 Å². The van der Waals surface area contributed by atoms with E-state index in [2.05, 4.69) is 19.1 Å². The molecule has 0 spiro atoms. The standard InChI is InChI=1S/C14H14O/c1-10-6-3-4-7-12(10)13-8-5-9-14(15)11(13)2/h3-9,15H,1-2H3. The van der Waals surface area contributed by atoms with Gasteiger partial charge in [-0.1, -0.05) is 36.4 Å². The fourth-order valence-corrected chi connectivity index (χ4v) is 1.79. The minimum atomic E-state index is 0.357. The van der Waals surface area contributed by atoms with Crippen molar-refractivity contribution in [2.24, 2.45) is 0 Å². The molecule has 1 nitrogen and oxygen atoms in total. The van der Waals surface area contributed by atoms with Gasteiger partial charge in [0.15, 0.2) is 0 Å². The van der Waals surface area contributed by atoms with E-state index in [0.29, 0.717) is 5.75 Å². The Hall–Kier alpha value is -1.76. The Labute approximate surface area is 90.0 Å². The summed E-state index contributed by atoms with van der Waals surface area (Å²) in [7, 11) is 0. The van der Waals surface area contributed by atoms with Crippen molar-refractivity contribution < 1.29 is 5.11 Å². The number of aryl methyl sites for hydroxylation is 1. The molecule has 0 unspecified atom stereocenters. The smallest absolute Gasteiger partial charge is 0.119 e. The largest absolute Gasteiger partial charge is 0.508 e. The third kappa shape index (κ3) is 1.73. The number of rotatable bonds is 1. The zero-order valence-electron chi connectivity index (χ0n) is 8.99. The first kappa shape index (κ1) is 9.78. The van der Waals surface area contributed by atoms with Crippen LogP contribution in [0.1, 0.15) is 11.1 Å². The molecule has 0 saturated carbocycles. The molecule has 15 heavy (non-hydrogen) atoms. The SMILES string of the molecule is Cc1ccccc1-c1cccc(O)c1C. The predicted octanol–water partition coefficient (Wildman–Crippen LogP) is 3.68. The molecule has 2 aromatic carbocycles. The second kappa shape index (κ2) is 3.77. The molecule has 0 aromatic heterocycles. The third-order valence-corrected chi connectivity index (χ3v) is 2.74. The lowest BCUT2D eigenvalue weighted by Crippen LogP contribution is -1.86. The van der Waals surface area contributed by atoms with Crippen molar-refractivity contribution in [1.29, 1.82) is 0 Å². The summed E-state index contributed by atoms with van der Waals surface area (Å²) < 4.78 is 0. The van der Waals surface area contributed by atoms with Gasteiger partial charge in [-0.25, -0.2) is 0 Å². The average molecular weight is 198 g/mol. The van der Waals surface area contributed by atoms with Gasteiger partial charge in [-0.2, -0.15) is 0 Å². The van der Waals surface area contributed by atoms with Gasteiger partial charge in [0.05, 0.1) is 0 Å². The fraction of sp³-hybridized carbons (Fsp3) is 0.143. The van der Waals surface area contributed by atoms with E-state index < -0.39 is 0 Å². The highest BCUT2D eigenvalue weighted by atomic mass is 16.3. The van der Waals surface area contributed by atoms with Gasteiger partial charge >= 0.3 is 0 Å². The van der Waals surface area contributed by atoms with Crippen molar-refractivity contribution in [1.82, 2.24) is 0 Å². The Kier molecular flexibility index (Phi) is 2.46. The van der Waals surface area contributed by atoms with Crippen LogP contribution in [0.3, 0.4) is 0 Å². The minimum absolute atomic E-state index is 0.357. The van der Waals surface area contributed by atoms with Crippen LogP contribution in [0, 0.1) is 13.8 Å². The van der Waals surface area contributed by atoms with Gasteiger partial charge in [-0.3, -0.25) is 0 Å². The first-order valence-corrected chi connectivity index (χ1v) is 5.04. The summed E-state index contributed by atoms with van der Waals surface area (Å²) in [5.74, 6) is 0.357. The Balaban J connectivity index is 2.65. The van der Waals surface area contributed by atoms with E-state index in [9.17, 15) is 5.11 Å². The Morgan fingerprint density at radius 2 is 1.47 bits per heavy atom. The summed E-state index contributed by atoms with van der Waals surface area (Å²) in [6.45, 7) is 4.02. The van der Waals surface area contributed by atoms with E-state index >= 15 is 0 Å². The third-order valence-electron chi connectivity index (χ3n) is 2.74. The van der Waals surface area contributed by atoms with E-state index in [1.807, 2.05) is 31.2 Å². The lowest BCUT2D eigenvalue weighted by atomic mass is 9.96. The van der Waals surface area contributed by atoms with Crippen LogP contribution in [0.15, 0.2) is 42.5 Å². The number of aromatic hydroxyl groups is 1. The molecule has 0 aliphatic carbocycles. The highest BCUT2D eigenvalue weighted by molar-refractivity contribution is 5.72. The summed E-state index contributed by atoms with van der Waals surface area (Å²) >= 11 is 0. The Morgan fingerprint density at radius 3 is 2.20 bits per heavy atom. The summed E-state index contributed by atoms with van der Waals surface area (Å²) in [5, 5.41) is 9.65. The quantitative estimate of drug-likeness (QED) is 0.741. The number of hydrogen-bond donors (Lipinski definition) is 1. The van der Waals surface area contributed by atoms with Gasteiger partial charge < -0.3 is 5.11 Å². The number of phenols is 1. The van der Waals surface area contributed by atoms with E-state index in [0.717, 1.165) is 11.1 Å². The first-order valence-electron chi connectivity index (χ1n) is 5.04. The first-order chi connectivity index (χ1) is 7.20. The lowest BCUT2D eigenvalue weighted by molar-refractivity contribution is 0.471. The topological polar surface area (TPSA) is 20.2 Å². The molecule has 0 bridgehead atoms. The second-order valence-corrected chi connectivity index (χ2v) is 3.76. The highest BCUT2D eigenvalue weighted by Gasteiger charge is 2.06. The van der Waals surface area contributed by atoms with Crippen LogP contribution >= 0.6 is 0 Å². The molecule has 76 valence electrons. The van der Waals surface area contributed by atoms with Crippen LogP contribution in [0.5, 0.6) is 5.75 Å². The zero-order chi connectivity index (χ0) is 10.8. The van der Waals surface area contributed by atoms with Gasteiger partial charge in [-0.15, -0.1) is 0 Å². The lowest BCUT2D eigenvalue weighted by Gasteiger charge is -2.09. The van der Waals surface area contributed by atoms with E-state index in [4.69, 9.17) is 0 Å². The van der Waals surface area contributed by atoms with Gasteiger partial charge in [0.1, 0.15) is 5.75 Å². The molecule has 1 N–H and O–H groups in total. The van der Waals surface area contributed by atoms with Crippen molar-refractivity contribution in [3.63, 3.8) is 0 Å². The maximum Gasteiger partial charge on any atom is 0.119 e. The van der Waals surface area contributed by atoms with Crippen LogP contribution in [0.4, 0.5) is 0 Å². The number of phenolic OH excluding ortho intramolecular Hbond substituents is 1. The van der Waals surface area contributed by atoms with Crippen molar-refractivity contribution in [3.05, 3.63) is 53.6 Å². The van der Waals surface area contributed by atoms with Gasteiger partial charge in [0, 0.05) is 0 Å². The summed E-state index contributed by atoms with van der Waals surface area (Å²) in [6.07, 6.45) is 0. The molecule has 1 heteroatoms.